The number of phenols is 1. The summed E-state index contributed by atoms with van der Waals surface area (Å²) in [7, 11) is 0. The highest BCUT2D eigenvalue weighted by Crippen LogP contribution is 2.27. The molecule has 0 aromatic heterocycles. The minimum Gasteiger partial charge on any atom is -0.504 e. The van der Waals surface area contributed by atoms with Gasteiger partial charge in [0.15, 0.2) is 11.5 Å². The van der Waals surface area contributed by atoms with E-state index in [1.165, 1.54) is 5.56 Å². The van der Waals surface area contributed by atoms with Gasteiger partial charge in [0.05, 0.1) is 6.61 Å². The van der Waals surface area contributed by atoms with E-state index in [1.54, 1.807) is 6.07 Å². The van der Waals surface area contributed by atoms with Gasteiger partial charge < -0.3 is 9.84 Å². The second-order valence-corrected chi connectivity index (χ2v) is 4.38. The highest BCUT2D eigenvalue weighted by atomic mass is 16.5. The number of hydrogen-bond donors (Lipinski definition) is 1. The van der Waals surface area contributed by atoms with Crippen LogP contribution >= 0.6 is 0 Å². The number of benzene rings is 2. The minimum absolute atomic E-state index is 0.181. The van der Waals surface area contributed by atoms with E-state index in [-0.39, 0.29) is 5.75 Å². The molecule has 0 aliphatic rings. The summed E-state index contributed by atoms with van der Waals surface area (Å²) in [6, 6.07) is 15.6. The standard InChI is InChI=1S/C17H18O2/c1-2-6-15-9-10-16(18)17(13-15)19-12-11-14-7-4-3-5-8-14/h2-5,7-10,13,18H,1,6,11-12H2. The third kappa shape index (κ3) is 3.88. The fourth-order valence-electron chi connectivity index (χ4n) is 1.89. The molecule has 0 aliphatic carbocycles. The molecule has 1 N–H and O–H groups in total. The lowest BCUT2D eigenvalue weighted by atomic mass is 10.1. The van der Waals surface area contributed by atoms with Crippen LogP contribution in [0.1, 0.15) is 11.1 Å². The zero-order chi connectivity index (χ0) is 13.5. The van der Waals surface area contributed by atoms with E-state index < -0.39 is 0 Å². The maximum absolute atomic E-state index is 9.75. The Bertz CT molecular complexity index is 532. The first-order chi connectivity index (χ1) is 9.29. The monoisotopic (exact) mass is 254 g/mol. The van der Waals surface area contributed by atoms with E-state index in [9.17, 15) is 5.11 Å². The minimum atomic E-state index is 0.181. The first kappa shape index (κ1) is 13.2. The Morgan fingerprint density at radius 2 is 1.84 bits per heavy atom. The predicted molar refractivity (Wildman–Crippen MR) is 77.6 cm³/mol. The van der Waals surface area contributed by atoms with Crippen LogP contribution in [0.25, 0.3) is 0 Å². The topological polar surface area (TPSA) is 29.5 Å². The van der Waals surface area contributed by atoms with Crippen LogP contribution in [0.3, 0.4) is 0 Å². The third-order valence-corrected chi connectivity index (χ3v) is 2.90. The summed E-state index contributed by atoms with van der Waals surface area (Å²) in [6.45, 7) is 4.26. The molecule has 2 heteroatoms. The molecule has 0 aliphatic heterocycles. The molecule has 0 amide bonds. The van der Waals surface area contributed by atoms with Gasteiger partial charge >= 0.3 is 0 Å². The Labute approximate surface area is 114 Å². The first-order valence-electron chi connectivity index (χ1n) is 6.39. The molecule has 0 radical (unpaired) electrons. The van der Waals surface area contributed by atoms with E-state index >= 15 is 0 Å². The summed E-state index contributed by atoms with van der Waals surface area (Å²) in [6.07, 6.45) is 3.43. The van der Waals surface area contributed by atoms with Crippen molar-refractivity contribution in [2.24, 2.45) is 0 Å². The van der Waals surface area contributed by atoms with Crippen molar-refractivity contribution in [2.45, 2.75) is 12.8 Å². The molecule has 2 rings (SSSR count). The second kappa shape index (κ2) is 6.64. The van der Waals surface area contributed by atoms with Gasteiger partial charge in [-0.25, -0.2) is 0 Å². The van der Waals surface area contributed by atoms with Gasteiger partial charge in [-0.15, -0.1) is 6.58 Å². The highest BCUT2D eigenvalue weighted by molar-refractivity contribution is 5.42. The maximum Gasteiger partial charge on any atom is 0.161 e. The number of ether oxygens (including phenoxy) is 1. The number of rotatable bonds is 6. The highest BCUT2D eigenvalue weighted by Gasteiger charge is 2.03. The van der Waals surface area contributed by atoms with E-state index in [1.807, 2.05) is 36.4 Å². The zero-order valence-electron chi connectivity index (χ0n) is 10.9. The molecule has 0 fully saturated rings. The van der Waals surface area contributed by atoms with E-state index in [0.717, 1.165) is 18.4 Å². The molecule has 0 unspecified atom stereocenters. The summed E-state index contributed by atoms with van der Waals surface area (Å²) >= 11 is 0. The number of hydrogen-bond acceptors (Lipinski definition) is 2. The summed E-state index contributed by atoms with van der Waals surface area (Å²) in [5.41, 5.74) is 2.31. The molecule has 0 spiro atoms. The Morgan fingerprint density at radius 3 is 2.58 bits per heavy atom. The van der Waals surface area contributed by atoms with Gasteiger partial charge in [-0.3, -0.25) is 0 Å². The molecule has 0 atom stereocenters. The average Bonchev–Trinajstić information content (AvgIpc) is 2.44. The van der Waals surface area contributed by atoms with Gasteiger partial charge in [-0.05, 0) is 29.7 Å². The van der Waals surface area contributed by atoms with Crippen LogP contribution in [-0.4, -0.2) is 11.7 Å². The molecule has 19 heavy (non-hydrogen) atoms. The Morgan fingerprint density at radius 1 is 1.05 bits per heavy atom. The lowest BCUT2D eigenvalue weighted by molar-refractivity contribution is 0.303. The van der Waals surface area contributed by atoms with E-state index in [0.29, 0.717) is 12.4 Å². The van der Waals surface area contributed by atoms with Crippen LogP contribution in [0.5, 0.6) is 11.5 Å². The smallest absolute Gasteiger partial charge is 0.161 e. The first-order valence-corrected chi connectivity index (χ1v) is 6.39. The molecule has 0 saturated carbocycles. The Kier molecular flexibility index (Phi) is 4.62. The fourth-order valence-corrected chi connectivity index (χ4v) is 1.89. The summed E-state index contributed by atoms with van der Waals surface area (Å²) in [5, 5.41) is 9.75. The molecule has 2 nitrogen and oxygen atoms in total. The maximum atomic E-state index is 9.75. The van der Waals surface area contributed by atoms with Crippen LogP contribution in [0, 0.1) is 0 Å². The Hall–Kier alpha value is -2.22. The van der Waals surface area contributed by atoms with Crippen molar-refractivity contribution in [2.75, 3.05) is 6.61 Å². The van der Waals surface area contributed by atoms with Crippen LogP contribution in [0.4, 0.5) is 0 Å². The largest absolute Gasteiger partial charge is 0.504 e. The SMILES string of the molecule is C=CCc1ccc(O)c(OCCc2ccccc2)c1. The van der Waals surface area contributed by atoms with Crippen molar-refractivity contribution < 1.29 is 9.84 Å². The lowest BCUT2D eigenvalue weighted by Gasteiger charge is -2.09. The average molecular weight is 254 g/mol. The molecule has 98 valence electrons. The lowest BCUT2D eigenvalue weighted by Crippen LogP contribution is -2.01. The van der Waals surface area contributed by atoms with Crippen molar-refractivity contribution in [3.05, 3.63) is 72.3 Å². The number of aromatic hydroxyl groups is 1. The van der Waals surface area contributed by atoms with Crippen molar-refractivity contribution in [3.8, 4) is 11.5 Å². The normalized spacial score (nSPS) is 10.1. The quantitative estimate of drug-likeness (QED) is 0.796. The molecule has 0 saturated heterocycles. The molecule has 2 aromatic carbocycles. The summed E-state index contributed by atoms with van der Waals surface area (Å²) in [5.74, 6) is 0.719. The van der Waals surface area contributed by atoms with E-state index in [4.69, 9.17) is 4.74 Å². The molecular formula is C17H18O2. The predicted octanol–water partition coefficient (Wildman–Crippen LogP) is 3.74. The van der Waals surface area contributed by atoms with Crippen LogP contribution in [0.15, 0.2) is 61.2 Å². The Balaban J connectivity index is 1.95. The van der Waals surface area contributed by atoms with Gasteiger partial charge in [0.25, 0.3) is 0 Å². The summed E-state index contributed by atoms with van der Waals surface area (Å²) < 4.78 is 5.64. The van der Waals surface area contributed by atoms with Crippen molar-refractivity contribution in [1.82, 2.24) is 0 Å². The summed E-state index contributed by atoms with van der Waals surface area (Å²) in [4.78, 5) is 0. The molecule has 0 bridgehead atoms. The van der Waals surface area contributed by atoms with Gasteiger partial charge in [0.2, 0.25) is 0 Å². The molecule has 2 aromatic rings. The molecule has 0 heterocycles. The van der Waals surface area contributed by atoms with Crippen molar-refractivity contribution in [1.29, 1.82) is 0 Å². The second-order valence-electron chi connectivity index (χ2n) is 4.38. The van der Waals surface area contributed by atoms with Crippen molar-refractivity contribution in [3.63, 3.8) is 0 Å². The number of phenolic OH excluding ortho intramolecular Hbond substituents is 1. The van der Waals surface area contributed by atoms with Crippen LogP contribution < -0.4 is 4.74 Å². The van der Waals surface area contributed by atoms with Gasteiger partial charge in [-0.2, -0.15) is 0 Å². The molecular weight excluding hydrogens is 236 g/mol. The fraction of sp³-hybridized carbons (Fsp3) is 0.176. The van der Waals surface area contributed by atoms with Crippen molar-refractivity contribution >= 4 is 0 Å². The zero-order valence-corrected chi connectivity index (χ0v) is 10.9. The van der Waals surface area contributed by atoms with Gasteiger partial charge in [0, 0.05) is 6.42 Å². The van der Waals surface area contributed by atoms with Gasteiger partial charge in [-0.1, -0.05) is 42.5 Å². The van der Waals surface area contributed by atoms with Crippen LogP contribution in [-0.2, 0) is 12.8 Å². The van der Waals surface area contributed by atoms with E-state index in [2.05, 4.69) is 18.7 Å². The third-order valence-electron chi connectivity index (χ3n) is 2.90. The van der Waals surface area contributed by atoms with Crippen LogP contribution in [0.2, 0.25) is 0 Å². The number of allylic oxidation sites excluding steroid dienone is 1. The van der Waals surface area contributed by atoms with Gasteiger partial charge in [0.1, 0.15) is 0 Å².